The molecule has 1 fully saturated rings. The fourth-order valence-corrected chi connectivity index (χ4v) is 3.19. The molecule has 6 heteroatoms. The lowest BCUT2D eigenvalue weighted by Gasteiger charge is -2.26. The molecule has 0 saturated carbocycles. The van der Waals surface area contributed by atoms with Crippen LogP contribution in [-0.2, 0) is 4.74 Å². The molecule has 3 aromatic rings. The average Bonchev–Trinajstić information content (AvgIpc) is 3.16. The van der Waals surface area contributed by atoms with E-state index in [4.69, 9.17) is 9.15 Å². The zero-order valence-corrected chi connectivity index (χ0v) is 14.0. The fraction of sp³-hybridized carbons (Fsp3) is 0.250. The van der Waals surface area contributed by atoms with E-state index >= 15 is 0 Å². The fourth-order valence-electron chi connectivity index (χ4n) is 3.19. The number of rotatable bonds is 3. The van der Waals surface area contributed by atoms with E-state index in [0.717, 1.165) is 5.56 Å². The standard InChI is InChI=1S/C20H17F2NO3/c21-19(22)17-12-16(11-15-5-8-26-18(15)17)13-1-3-14(4-2-13)20(24)23-6-9-25-10-7-23/h1-5,8,11-12,19H,6-7,9-10H2. The Hall–Kier alpha value is -2.73. The molecule has 0 aliphatic carbocycles. The summed E-state index contributed by atoms with van der Waals surface area (Å²) < 4.78 is 37.1. The van der Waals surface area contributed by atoms with E-state index in [9.17, 15) is 13.6 Å². The number of fused-ring (bicyclic) bond motifs is 1. The van der Waals surface area contributed by atoms with Crippen molar-refractivity contribution in [3.05, 3.63) is 59.9 Å². The molecular weight excluding hydrogens is 340 g/mol. The topological polar surface area (TPSA) is 42.7 Å². The van der Waals surface area contributed by atoms with Gasteiger partial charge in [-0.05, 0) is 41.5 Å². The summed E-state index contributed by atoms with van der Waals surface area (Å²) in [4.78, 5) is 14.2. The van der Waals surface area contributed by atoms with Crippen LogP contribution in [0.5, 0.6) is 0 Å². The van der Waals surface area contributed by atoms with E-state index in [0.29, 0.717) is 42.8 Å². The zero-order valence-electron chi connectivity index (χ0n) is 14.0. The lowest BCUT2D eigenvalue weighted by atomic mass is 9.99. The van der Waals surface area contributed by atoms with Crippen LogP contribution in [0.3, 0.4) is 0 Å². The number of hydrogen-bond acceptors (Lipinski definition) is 3. The number of benzene rings is 2. The number of nitrogens with zero attached hydrogens (tertiary/aromatic N) is 1. The summed E-state index contributed by atoms with van der Waals surface area (Å²) in [5.41, 5.74) is 2.10. The number of ether oxygens (including phenoxy) is 1. The number of carbonyl (C=O) groups is 1. The Labute approximate surface area is 149 Å². The first-order valence-corrected chi connectivity index (χ1v) is 8.40. The Morgan fingerprint density at radius 1 is 1.00 bits per heavy atom. The SMILES string of the molecule is O=C(c1ccc(-c2cc(C(F)F)c3occc3c2)cc1)N1CCOCC1. The molecule has 2 heterocycles. The van der Waals surface area contributed by atoms with Crippen molar-refractivity contribution in [1.29, 1.82) is 0 Å². The molecule has 0 spiro atoms. The minimum absolute atomic E-state index is 0.0431. The van der Waals surface area contributed by atoms with Crippen LogP contribution in [-0.4, -0.2) is 37.1 Å². The van der Waals surface area contributed by atoms with Crippen LogP contribution in [0.1, 0.15) is 22.3 Å². The summed E-state index contributed by atoms with van der Waals surface area (Å²) in [6, 6.07) is 11.9. The van der Waals surface area contributed by atoms with Gasteiger partial charge in [0.05, 0.1) is 25.0 Å². The van der Waals surface area contributed by atoms with Gasteiger partial charge in [-0.3, -0.25) is 4.79 Å². The molecule has 0 unspecified atom stereocenters. The number of carbonyl (C=O) groups excluding carboxylic acids is 1. The first-order chi connectivity index (χ1) is 12.6. The summed E-state index contributed by atoms with van der Waals surface area (Å²) in [5, 5.41) is 0.631. The smallest absolute Gasteiger partial charge is 0.267 e. The molecule has 4 rings (SSSR count). The minimum atomic E-state index is -2.62. The van der Waals surface area contributed by atoms with Crippen LogP contribution < -0.4 is 0 Å². The minimum Gasteiger partial charge on any atom is -0.464 e. The summed E-state index contributed by atoms with van der Waals surface area (Å²) in [6.45, 7) is 2.25. The van der Waals surface area contributed by atoms with E-state index in [-0.39, 0.29) is 17.1 Å². The second-order valence-corrected chi connectivity index (χ2v) is 6.19. The van der Waals surface area contributed by atoms with Gasteiger partial charge in [0, 0.05) is 24.0 Å². The molecule has 1 amide bonds. The van der Waals surface area contributed by atoms with Crippen molar-refractivity contribution in [2.75, 3.05) is 26.3 Å². The van der Waals surface area contributed by atoms with Crippen LogP contribution in [0.4, 0.5) is 8.78 Å². The highest BCUT2D eigenvalue weighted by atomic mass is 19.3. The molecule has 0 radical (unpaired) electrons. The largest absolute Gasteiger partial charge is 0.464 e. The molecule has 1 aromatic heterocycles. The van der Waals surface area contributed by atoms with Crippen molar-refractivity contribution in [1.82, 2.24) is 4.90 Å². The number of amides is 1. The van der Waals surface area contributed by atoms with Gasteiger partial charge >= 0.3 is 0 Å². The van der Waals surface area contributed by atoms with E-state index < -0.39 is 6.43 Å². The molecule has 1 aliphatic rings. The maximum absolute atomic E-state index is 13.3. The van der Waals surface area contributed by atoms with Gasteiger partial charge in [0.15, 0.2) is 0 Å². The zero-order chi connectivity index (χ0) is 18.1. The molecule has 2 aromatic carbocycles. The van der Waals surface area contributed by atoms with E-state index in [1.165, 1.54) is 12.3 Å². The van der Waals surface area contributed by atoms with Crippen LogP contribution in [0.15, 0.2) is 53.1 Å². The van der Waals surface area contributed by atoms with Crippen molar-refractivity contribution in [2.24, 2.45) is 0 Å². The number of alkyl halides is 2. The number of hydrogen-bond donors (Lipinski definition) is 0. The van der Waals surface area contributed by atoms with Crippen molar-refractivity contribution >= 4 is 16.9 Å². The van der Waals surface area contributed by atoms with E-state index in [2.05, 4.69) is 0 Å². The number of morpholine rings is 1. The first kappa shape index (κ1) is 16.7. The molecular formula is C20H17F2NO3. The van der Waals surface area contributed by atoms with Gasteiger partial charge in [0.2, 0.25) is 0 Å². The molecule has 26 heavy (non-hydrogen) atoms. The van der Waals surface area contributed by atoms with Gasteiger partial charge in [0.1, 0.15) is 5.58 Å². The molecule has 0 bridgehead atoms. The van der Waals surface area contributed by atoms with Gasteiger partial charge in [0.25, 0.3) is 12.3 Å². The maximum atomic E-state index is 13.3. The molecule has 4 nitrogen and oxygen atoms in total. The second-order valence-electron chi connectivity index (χ2n) is 6.19. The third kappa shape index (κ3) is 3.08. The van der Waals surface area contributed by atoms with Gasteiger partial charge in [-0.25, -0.2) is 8.78 Å². The quantitative estimate of drug-likeness (QED) is 0.693. The number of furan rings is 1. The van der Waals surface area contributed by atoms with Gasteiger partial charge < -0.3 is 14.1 Å². The Morgan fingerprint density at radius 3 is 2.42 bits per heavy atom. The summed E-state index contributed by atoms with van der Waals surface area (Å²) in [5.74, 6) is -0.0431. The molecule has 134 valence electrons. The third-order valence-corrected chi connectivity index (χ3v) is 4.58. The van der Waals surface area contributed by atoms with Gasteiger partial charge in [-0.1, -0.05) is 12.1 Å². The van der Waals surface area contributed by atoms with Gasteiger partial charge in [-0.15, -0.1) is 0 Å². The van der Waals surface area contributed by atoms with Crippen molar-refractivity contribution in [3.8, 4) is 11.1 Å². The van der Waals surface area contributed by atoms with Crippen LogP contribution >= 0.6 is 0 Å². The van der Waals surface area contributed by atoms with E-state index in [1.807, 2.05) is 6.07 Å². The van der Waals surface area contributed by atoms with Crippen LogP contribution in [0.2, 0.25) is 0 Å². The number of halogens is 2. The highest BCUT2D eigenvalue weighted by Gasteiger charge is 2.19. The predicted octanol–water partition coefficient (Wildman–Crippen LogP) is 4.51. The Kier molecular flexibility index (Phi) is 4.42. The maximum Gasteiger partial charge on any atom is 0.267 e. The van der Waals surface area contributed by atoms with Crippen molar-refractivity contribution in [3.63, 3.8) is 0 Å². The monoisotopic (exact) mass is 357 g/mol. The molecule has 1 saturated heterocycles. The van der Waals surface area contributed by atoms with Crippen molar-refractivity contribution < 1.29 is 22.7 Å². The second kappa shape index (κ2) is 6.88. The Balaban J connectivity index is 1.64. The normalized spacial score (nSPS) is 15.0. The highest BCUT2D eigenvalue weighted by Crippen LogP contribution is 2.34. The summed E-state index contributed by atoms with van der Waals surface area (Å²) in [7, 11) is 0. The lowest BCUT2D eigenvalue weighted by Crippen LogP contribution is -2.40. The van der Waals surface area contributed by atoms with Crippen molar-refractivity contribution in [2.45, 2.75) is 6.43 Å². The van der Waals surface area contributed by atoms with Crippen LogP contribution in [0.25, 0.3) is 22.1 Å². The molecule has 0 N–H and O–H groups in total. The van der Waals surface area contributed by atoms with Gasteiger partial charge in [-0.2, -0.15) is 0 Å². The van der Waals surface area contributed by atoms with Crippen LogP contribution in [0, 0.1) is 0 Å². The summed E-state index contributed by atoms with van der Waals surface area (Å²) >= 11 is 0. The lowest BCUT2D eigenvalue weighted by molar-refractivity contribution is 0.0303. The molecule has 0 atom stereocenters. The summed E-state index contributed by atoms with van der Waals surface area (Å²) in [6.07, 6.45) is -1.21. The Bertz CT molecular complexity index is 928. The predicted molar refractivity (Wildman–Crippen MR) is 93.3 cm³/mol. The Morgan fingerprint density at radius 2 is 1.73 bits per heavy atom. The molecule has 1 aliphatic heterocycles. The average molecular weight is 357 g/mol. The third-order valence-electron chi connectivity index (χ3n) is 4.58. The first-order valence-electron chi connectivity index (χ1n) is 8.40. The van der Waals surface area contributed by atoms with E-state index in [1.54, 1.807) is 35.2 Å². The highest BCUT2D eigenvalue weighted by molar-refractivity contribution is 5.95.